The third kappa shape index (κ3) is 5.89. The van der Waals surface area contributed by atoms with E-state index < -0.39 is 0 Å². The Kier molecular flexibility index (Phi) is 8.26. The summed E-state index contributed by atoms with van der Waals surface area (Å²) < 4.78 is 3.07. The highest BCUT2D eigenvalue weighted by Gasteiger charge is 2.25. The van der Waals surface area contributed by atoms with Crippen molar-refractivity contribution in [2.75, 3.05) is 13.1 Å². The second-order valence-corrected chi connectivity index (χ2v) is 9.23. The molecule has 1 N–H and O–H groups in total. The molecule has 3 rings (SSSR count). The first-order valence-electron chi connectivity index (χ1n) is 10.7. The van der Waals surface area contributed by atoms with Gasteiger partial charge in [0.15, 0.2) is 0 Å². The molecule has 0 radical (unpaired) electrons. The van der Waals surface area contributed by atoms with Crippen molar-refractivity contribution in [1.82, 2.24) is 9.62 Å². The molecular formula is C24H32ClN3S. The highest BCUT2D eigenvalue weighted by atomic mass is 35.5. The molecule has 0 amide bonds. The highest BCUT2D eigenvalue weighted by molar-refractivity contribution is 7.78. The SMILES string of the molecule is CC(CN(CC(C)c1ccc2c(c1)C(CCC#N)CC2)C1C=C(Cl)C=CC1)NS. The van der Waals surface area contributed by atoms with Crippen molar-refractivity contribution in [2.24, 2.45) is 0 Å². The van der Waals surface area contributed by atoms with Crippen LogP contribution >= 0.6 is 24.4 Å². The van der Waals surface area contributed by atoms with Gasteiger partial charge >= 0.3 is 0 Å². The predicted octanol–water partition coefficient (Wildman–Crippen LogP) is 5.70. The number of aryl methyl sites for hydroxylation is 1. The lowest BCUT2D eigenvalue weighted by Gasteiger charge is -2.34. The van der Waals surface area contributed by atoms with Gasteiger partial charge in [0.05, 0.1) is 6.07 Å². The van der Waals surface area contributed by atoms with Crippen LogP contribution in [0.1, 0.15) is 68.1 Å². The van der Waals surface area contributed by atoms with Gasteiger partial charge < -0.3 is 0 Å². The van der Waals surface area contributed by atoms with E-state index in [0.717, 1.165) is 37.4 Å². The van der Waals surface area contributed by atoms with Crippen molar-refractivity contribution in [3.63, 3.8) is 0 Å². The molecule has 1 aromatic rings. The first-order valence-corrected chi connectivity index (χ1v) is 11.5. The Bertz CT molecular complexity index is 798. The van der Waals surface area contributed by atoms with Crippen LogP contribution in [0.2, 0.25) is 0 Å². The van der Waals surface area contributed by atoms with E-state index >= 15 is 0 Å². The molecule has 0 aliphatic heterocycles. The van der Waals surface area contributed by atoms with Crippen molar-refractivity contribution < 1.29 is 0 Å². The molecule has 156 valence electrons. The number of halogens is 1. The van der Waals surface area contributed by atoms with Gasteiger partial charge in [-0.1, -0.05) is 55.6 Å². The molecule has 0 fully saturated rings. The average Bonchev–Trinajstić information content (AvgIpc) is 3.13. The summed E-state index contributed by atoms with van der Waals surface area (Å²) in [6, 6.07) is 9.95. The van der Waals surface area contributed by atoms with Crippen LogP contribution in [0.4, 0.5) is 0 Å². The third-order valence-corrected chi connectivity index (χ3v) is 6.95. The van der Waals surface area contributed by atoms with Crippen molar-refractivity contribution in [3.8, 4) is 6.07 Å². The summed E-state index contributed by atoms with van der Waals surface area (Å²) in [4.78, 5) is 2.52. The molecule has 0 saturated carbocycles. The van der Waals surface area contributed by atoms with Crippen LogP contribution in [-0.2, 0) is 6.42 Å². The number of benzene rings is 1. The van der Waals surface area contributed by atoms with Gasteiger partial charge in [0.1, 0.15) is 0 Å². The number of allylic oxidation sites excluding steroid dienone is 2. The van der Waals surface area contributed by atoms with Crippen molar-refractivity contribution in [2.45, 2.75) is 69.9 Å². The van der Waals surface area contributed by atoms with E-state index in [1.807, 2.05) is 6.08 Å². The summed E-state index contributed by atoms with van der Waals surface area (Å²) in [5.74, 6) is 0.967. The lowest BCUT2D eigenvalue weighted by atomic mass is 9.91. The van der Waals surface area contributed by atoms with Gasteiger partial charge in [-0.25, -0.2) is 0 Å². The van der Waals surface area contributed by atoms with Crippen LogP contribution in [0.15, 0.2) is 41.5 Å². The smallest absolute Gasteiger partial charge is 0.0621 e. The molecule has 3 nitrogen and oxygen atoms in total. The second kappa shape index (κ2) is 10.7. The fourth-order valence-electron chi connectivity index (χ4n) is 4.63. The summed E-state index contributed by atoms with van der Waals surface area (Å²) in [5, 5.41) is 9.79. The standard InChI is InChI=1S/C24H32ClN3S/c1-17(15-28(16-18(2)27-29)23-7-3-6-22(25)14-23)21-11-10-20-9-8-19(5-4-12-26)24(20)13-21/h3,6,10-11,13-14,17-19,23,27,29H,4-5,7-9,15-16H2,1-2H3. The van der Waals surface area contributed by atoms with Gasteiger partial charge in [0.25, 0.3) is 0 Å². The van der Waals surface area contributed by atoms with E-state index in [-0.39, 0.29) is 0 Å². The number of fused-ring (bicyclic) bond motifs is 1. The maximum absolute atomic E-state index is 8.97. The van der Waals surface area contributed by atoms with E-state index in [2.05, 4.69) is 72.7 Å². The molecule has 1 aromatic carbocycles. The highest BCUT2D eigenvalue weighted by Crippen LogP contribution is 2.38. The first-order chi connectivity index (χ1) is 14.0. The number of hydrogen-bond acceptors (Lipinski definition) is 4. The summed E-state index contributed by atoms with van der Waals surface area (Å²) in [5.41, 5.74) is 4.34. The van der Waals surface area contributed by atoms with Gasteiger partial charge in [-0.15, -0.1) is 0 Å². The number of nitrogens with one attached hydrogen (secondary N) is 1. The molecule has 0 saturated heterocycles. The van der Waals surface area contributed by atoms with E-state index in [0.29, 0.717) is 30.3 Å². The van der Waals surface area contributed by atoms with Gasteiger partial charge in [-0.05, 0) is 73.3 Å². The number of nitriles is 1. The fourth-order valence-corrected chi connectivity index (χ4v) is 4.94. The van der Waals surface area contributed by atoms with Crippen LogP contribution in [0, 0.1) is 11.3 Å². The van der Waals surface area contributed by atoms with E-state index in [1.165, 1.54) is 23.1 Å². The summed E-state index contributed by atoms with van der Waals surface area (Å²) in [7, 11) is 0. The van der Waals surface area contributed by atoms with Gasteiger partial charge in [0, 0.05) is 36.6 Å². The molecular weight excluding hydrogens is 398 g/mol. The summed E-state index contributed by atoms with van der Waals surface area (Å²) in [6.07, 6.45) is 11.3. The Hall–Kier alpha value is -1.25. The Morgan fingerprint density at radius 1 is 1.34 bits per heavy atom. The zero-order valence-electron chi connectivity index (χ0n) is 17.4. The Morgan fingerprint density at radius 3 is 2.90 bits per heavy atom. The number of nitrogens with zero attached hydrogens (tertiary/aromatic N) is 2. The van der Waals surface area contributed by atoms with Crippen LogP contribution in [0.3, 0.4) is 0 Å². The third-order valence-electron chi connectivity index (χ3n) is 6.26. The van der Waals surface area contributed by atoms with Crippen molar-refractivity contribution in [3.05, 3.63) is 58.1 Å². The Morgan fingerprint density at radius 2 is 2.17 bits per heavy atom. The summed E-state index contributed by atoms with van der Waals surface area (Å²) >= 11 is 10.6. The molecule has 0 aromatic heterocycles. The lowest BCUT2D eigenvalue weighted by Crippen LogP contribution is -2.43. The quantitative estimate of drug-likeness (QED) is 0.494. The number of rotatable bonds is 9. The van der Waals surface area contributed by atoms with Crippen molar-refractivity contribution in [1.29, 1.82) is 5.26 Å². The topological polar surface area (TPSA) is 39.1 Å². The molecule has 0 heterocycles. The average molecular weight is 430 g/mol. The maximum atomic E-state index is 8.97. The van der Waals surface area contributed by atoms with Crippen LogP contribution in [0.25, 0.3) is 0 Å². The van der Waals surface area contributed by atoms with Crippen LogP contribution < -0.4 is 4.72 Å². The molecule has 0 bridgehead atoms. The van der Waals surface area contributed by atoms with Gasteiger partial charge in [0.2, 0.25) is 0 Å². The van der Waals surface area contributed by atoms with Gasteiger partial charge in [-0.2, -0.15) is 5.26 Å². The molecule has 4 atom stereocenters. The minimum absolute atomic E-state index is 0.291. The molecule has 29 heavy (non-hydrogen) atoms. The lowest BCUT2D eigenvalue weighted by molar-refractivity contribution is 0.205. The predicted molar refractivity (Wildman–Crippen MR) is 125 cm³/mol. The van der Waals surface area contributed by atoms with E-state index in [9.17, 15) is 0 Å². The zero-order valence-corrected chi connectivity index (χ0v) is 19.1. The minimum atomic E-state index is 0.291. The molecule has 2 aliphatic carbocycles. The Labute approximate surface area is 186 Å². The number of hydrogen-bond donors (Lipinski definition) is 2. The van der Waals surface area contributed by atoms with Crippen LogP contribution in [-0.4, -0.2) is 30.1 Å². The molecule has 5 heteroatoms. The Balaban J connectivity index is 1.75. The summed E-state index contributed by atoms with van der Waals surface area (Å²) in [6.45, 7) is 6.37. The normalized spacial score (nSPS) is 22.8. The largest absolute Gasteiger partial charge is 0.294 e. The monoisotopic (exact) mass is 429 g/mol. The molecule has 2 aliphatic rings. The van der Waals surface area contributed by atoms with Crippen molar-refractivity contribution >= 4 is 24.4 Å². The fraction of sp³-hybridized carbons (Fsp3) is 0.542. The van der Waals surface area contributed by atoms with Crippen LogP contribution in [0.5, 0.6) is 0 Å². The van der Waals surface area contributed by atoms with Gasteiger partial charge in [-0.3, -0.25) is 9.62 Å². The zero-order chi connectivity index (χ0) is 20.8. The van der Waals surface area contributed by atoms with E-state index in [1.54, 1.807) is 0 Å². The minimum Gasteiger partial charge on any atom is -0.294 e. The first kappa shape index (κ1) is 22.4. The second-order valence-electron chi connectivity index (χ2n) is 8.53. The maximum Gasteiger partial charge on any atom is 0.0621 e. The molecule has 0 spiro atoms. The number of thiol groups is 1. The van der Waals surface area contributed by atoms with E-state index in [4.69, 9.17) is 16.9 Å². The molecule has 4 unspecified atom stereocenters.